The van der Waals surface area contributed by atoms with E-state index in [4.69, 9.17) is 20.6 Å². The van der Waals surface area contributed by atoms with E-state index in [2.05, 4.69) is 25.6 Å². The first-order chi connectivity index (χ1) is 14.2. The van der Waals surface area contributed by atoms with Gasteiger partial charge in [0.25, 0.3) is 5.89 Å². The van der Waals surface area contributed by atoms with E-state index in [1.165, 1.54) is 0 Å². The Morgan fingerprint density at radius 3 is 2.62 bits per heavy atom. The molecule has 4 rings (SSSR count). The third-order valence-corrected chi connectivity index (χ3v) is 4.28. The fourth-order valence-corrected chi connectivity index (χ4v) is 2.80. The highest BCUT2D eigenvalue weighted by Gasteiger charge is 2.13. The summed E-state index contributed by atoms with van der Waals surface area (Å²) in [5.41, 5.74) is 1.58. The van der Waals surface area contributed by atoms with Gasteiger partial charge in [0.15, 0.2) is 5.82 Å². The van der Waals surface area contributed by atoms with Crippen molar-refractivity contribution in [3.8, 4) is 22.8 Å². The van der Waals surface area contributed by atoms with Crippen LogP contribution in [-0.2, 0) is 17.8 Å². The van der Waals surface area contributed by atoms with Gasteiger partial charge in [-0.05, 0) is 18.2 Å². The minimum Gasteiger partial charge on any atom is -0.349 e. The maximum atomic E-state index is 12.1. The van der Waals surface area contributed by atoms with Crippen LogP contribution < -0.4 is 5.32 Å². The number of aryl methyl sites for hydroxylation is 1. The fraction of sp³-hybridized carbons (Fsp3) is 0.150. The van der Waals surface area contributed by atoms with E-state index < -0.39 is 0 Å². The fourth-order valence-electron chi connectivity index (χ4n) is 2.61. The molecule has 1 amide bonds. The second-order valence-electron chi connectivity index (χ2n) is 6.18. The first kappa shape index (κ1) is 18.8. The minimum absolute atomic E-state index is 0.155. The number of aromatic nitrogens is 4. The van der Waals surface area contributed by atoms with Gasteiger partial charge in [0.2, 0.25) is 17.6 Å². The van der Waals surface area contributed by atoms with Crippen LogP contribution in [-0.4, -0.2) is 26.2 Å². The third kappa shape index (κ3) is 4.85. The molecule has 0 aliphatic rings. The Morgan fingerprint density at radius 2 is 1.79 bits per heavy atom. The molecule has 0 saturated heterocycles. The lowest BCUT2D eigenvalue weighted by atomic mass is 10.2. The van der Waals surface area contributed by atoms with Gasteiger partial charge in [0, 0.05) is 29.0 Å². The maximum Gasteiger partial charge on any atom is 0.258 e. The Bertz CT molecular complexity index is 1110. The van der Waals surface area contributed by atoms with Crippen molar-refractivity contribution in [2.75, 3.05) is 0 Å². The molecule has 2 aromatic heterocycles. The molecular formula is C20H16ClN5O3. The number of halogens is 1. The number of nitrogens with one attached hydrogen (secondary N) is 1. The lowest BCUT2D eigenvalue weighted by molar-refractivity contribution is -0.121. The largest absolute Gasteiger partial charge is 0.349 e. The van der Waals surface area contributed by atoms with E-state index in [0.717, 1.165) is 5.56 Å². The lowest BCUT2D eigenvalue weighted by Gasteiger charge is -2.00. The SMILES string of the molecule is O=C(CCc1nc(-c2ccccc2)no1)NCc1noc(-c2cccc(Cl)c2)n1. The molecule has 0 saturated carbocycles. The number of carbonyl (C=O) groups is 1. The average molecular weight is 410 g/mol. The summed E-state index contributed by atoms with van der Waals surface area (Å²) in [4.78, 5) is 20.6. The van der Waals surface area contributed by atoms with Gasteiger partial charge in [-0.2, -0.15) is 9.97 Å². The molecule has 0 bridgehead atoms. The van der Waals surface area contributed by atoms with E-state index in [0.29, 0.717) is 40.4 Å². The van der Waals surface area contributed by atoms with Crippen molar-refractivity contribution < 1.29 is 13.8 Å². The van der Waals surface area contributed by atoms with E-state index in [1.807, 2.05) is 36.4 Å². The molecule has 0 unspecified atom stereocenters. The molecule has 2 heterocycles. The number of hydrogen-bond donors (Lipinski definition) is 1. The highest BCUT2D eigenvalue weighted by Crippen LogP contribution is 2.21. The van der Waals surface area contributed by atoms with Crippen molar-refractivity contribution in [1.82, 2.24) is 25.6 Å². The number of rotatable bonds is 7. The number of nitrogens with zero attached hydrogens (tertiary/aromatic N) is 4. The first-order valence-corrected chi connectivity index (χ1v) is 9.28. The van der Waals surface area contributed by atoms with E-state index in [9.17, 15) is 4.79 Å². The van der Waals surface area contributed by atoms with Crippen LogP contribution in [0.3, 0.4) is 0 Å². The van der Waals surface area contributed by atoms with E-state index >= 15 is 0 Å². The molecule has 8 nitrogen and oxygen atoms in total. The molecule has 4 aromatic rings. The summed E-state index contributed by atoms with van der Waals surface area (Å²) in [5, 5.41) is 11.1. The summed E-state index contributed by atoms with van der Waals surface area (Å²) >= 11 is 5.96. The van der Waals surface area contributed by atoms with Crippen LogP contribution in [0.15, 0.2) is 63.6 Å². The normalized spacial score (nSPS) is 10.8. The quantitative estimate of drug-likeness (QED) is 0.496. The van der Waals surface area contributed by atoms with Gasteiger partial charge >= 0.3 is 0 Å². The highest BCUT2D eigenvalue weighted by molar-refractivity contribution is 6.30. The van der Waals surface area contributed by atoms with Crippen LogP contribution >= 0.6 is 11.6 Å². The Morgan fingerprint density at radius 1 is 0.966 bits per heavy atom. The minimum atomic E-state index is -0.182. The molecule has 1 N–H and O–H groups in total. The number of hydrogen-bond acceptors (Lipinski definition) is 7. The van der Waals surface area contributed by atoms with Crippen LogP contribution in [0.4, 0.5) is 0 Å². The smallest absolute Gasteiger partial charge is 0.258 e. The highest BCUT2D eigenvalue weighted by atomic mass is 35.5. The second-order valence-corrected chi connectivity index (χ2v) is 6.62. The summed E-state index contributed by atoms with van der Waals surface area (Å²) in [6, 6.07) is 16.6. The lowest BCUT2D eigenvalue weighted by Crippen LogP contribution is -2.23. The molecule has 9 heteroatoms. The van der Waals surface area contributed by atoms with Crippen molar-refractivity contribution in [2.24, 2.45) is 0 Å². The van der Waals surface area contributed by atoms with Crippen LogP contribution in [0.5, 0.6) is 0 Å². The van der Waals surface area contributed by atoms with Crippen LogP contribution in [0.2, 0.25) is 5.02 Å². The first-order valence-electron chi connectivity index (χ1n) is 8.90. The van der Waals surface area contributed by atoms with Crippen LogP contribution in [0.25, 0.3) is 22.8 Å². The number of carbonyl (C=O) groups excluding carboxylic acids is 1. The van der Waals surface area contributed by atoms with Crippen molar-refractivity contribution in [1.29, 1.82) is 0 Å². The molecule has 146 valence electrons. The summed E-state index contributed by atoms with van der Waals surface area (Å²) in [6.45, 7) is 0.155. The van der Waals surface area contributed by atoms with E-state index in [1.54, 1.807) is 18.2 Å². The molecule has 0 aliphatic carbocycles. The van der Waals surface area contributed by atoms with Crippen molar-refractivity contribution in [2.45, 2.75) is 19.4 Å². The zero-order chi connectivity index (χ0) is 20.1. The van der Waals surface area contributed by atoms with Crippen LogP contribution in [0, 0.1) is 0 Å². The Labute approximate surface area is 170 Å². The Hall–Kier alpha value is -3.52. The molecule has 0 fully saturated rings. The topological polar surface area (TPSA) is 107 Å². The van der Waals surface area contributed by atoms with Gasteiger partial charge in [-0.1, -0.05) is 58.3 Å². The molecular weight excluding hydrogens is 394 g/mol. The van der Waals surface area contributed by atoms with E-state index in [-0.39, 0.29) is 18.9 Å². The van der Waals surface area contributed by atoms with Gasteiger partial charge in [0.1, 0.15) is 0 Å². The Kier molecular flexibility index (Phi) is 5.62. The molecule has 0 aliphatic heterocycles. The standard InChI is InChI=1S/C20H16ClN5O3/c21-15-8-4-7-14(11-15)20-23-16(25-29-20)12-22-17(27)9-10-18-24-19(26-28-18)13-5-2-1-3-6-13/h1-8,11H,9-10,12H2,(H,22,27). The zero-order valence-electron chi connectivity index (χ0n) is 15.2. The Balaban J connectivity index is 1.27. The molecule has 0 atom stereocenters. The van der Waals surface area contributed by atoms with Gasteiger partial charge in [0.05, 0.1) is 6.54 Å². The van der Waals surface area contributed by atoms with Gasteiger partial charge < -0.3 is 14.4 Å². The monoisotopic (exact) mass is 409 g/mol. The molecule has 0 radical (unpaired) electrons. The zero-order valence-corrected chi connectivity index (χ0v) is 16.0. The van der Waals surface area contributed by atoms with Gasteiger partial charge in [-0.3, -0.25) is 4.79 Å². The summed E-state index contributed by atoms with van der Waals surface area (Å²) in [6.07, 6.45) is 0.543. The second kappa shape index (κ2) is 8.66. The van der Waals surface area contributed by atoms with Crippen LogP contribution in [0.1, 0.15) is 18.1 Å². The van der Waals surface area contributed by atoms with Gasteiger partial charge in [-0.25, -0.2) is 0 Å². The summed E-state index contributed by atoms with van der Waals surface area (Å²) < 4.78 is 10.4. The van der Waals surface area contributed by atoms with Crippen molar-refractivity contribution in [3.05, 3.63) is 71.3 Å². The third-order valence-electron chi connectivity index (χ3n) is 4.05. The summed E-state index contributed by atoms with van der Waals surface area (Å²) in [7, 11) is 0. The van der Waals surface area contributed by atoms with Crippen molar-refractivity contribution in [3.63, 3.8) is 0 Å². The van der Waals surface area contributed by atoms with Crippen molar-refractivity contribution >= 4 is 17.5 Å². The summed E-state index contributed by atoms with van der Waals surface area (Å²) in [5.74, 6) is 1.44. The number of benzene rings is 2. The van der Waals surface area contributed by atoms with Gasteiger partial charge in [-0.15, -0.1) is 0 Å². The molecule has 2 aromatic carbocycles. The predicted octanol–water partition coefficient (Wildman–Crippen LogP) is 3.69. The number of amides is 1. The molecule has 0 spiro atoms. The predicted molar refractivity (Wildman–Crippen MR) is 105 cm³/mol. The average Bonchev–Trinajstić information content (AvgIpc) is 3.41. The molecule has 29 heavy (non-hydrogen) atoms. The maximum absolute atomic E-state index is 12.1.